The van der Waals surface area contributed by atoms with E-state index in [0.29, 0.717) is 0 Å². The smallest absolute Gasteiger partial charge is 0.0545 e. The van der Waals surface area contributed by atoms with Crippen LogP contribution in [-0.2, 0) is 10.8 Å². The fourth-order valence-corrected chi connectivity index (χ4v) is 9.10. The maximum atomic E-state index is 4.60. The molecule has 2 radical (unpaired) electrons. The van der Waals surface area contributed by atoms with Crippen molar-refractivity contribution in [3.8, 4) is 0 Å². The van der Waals surface area contributed by atoms with Gasteiger partial charge in [0.15, 0.2) is 0 Å². The van der Waals surface area contributed by atoms with Gasteiger partial charge in [0.2, 0.25) is 0 Å². The quantitative estimate of drug-likeness (QED) is 0.215. The first-order chi connectivity index (χ1) is 20.3. The second-order valence-electron chi connectivity index (χ2n) is 12.0. The molecule has 4 bridgehead atoms. The standard InChI is InChI=1S/C41H26/c1-7-19-32-26(13-1)38-27-14-2-8-20-33(27)40(32,34-21-9-3-15-28(34)38)25-41-35-22-10-4-16-29(35)39(30-17-5-11-23-36(30)41)31-18-6-12-24-37(31)41/h1-24,38-39H. The van der Waals surface area contributed by atoms with E-state index in [4.69, 9.17) is 0 Å². The van der Waals surface area contributed by atoms with Crippen LogP contribution in [-0.4, -0.2) is 0 Å². The highest BCUT2D eigenvalue weighted by molar-refractivity contribution is 5.79. The number of hydrogen-bond acceptors (Lipinski definition) is 0. The van der Waals surface area contributed by atoms with E-state index in [1.54, 1.807) is 0 Å². The van der Waals surface area contributed by atoms with Gasteiger partial charge in [-0.1, -0.05) is 146 Å². The van der Waals surface area contributed by atoms with Gasteiger partial charge < -0.3 is 0 Å². The second-order valence-corrected chi connectivity index (χ2v) is 12.0. The Balaban J connectivity index is 1.39. The van der Waals surface area contributed by atoms with E-state index in [1.807, 2.05) is 0 Å². The Hall–Kier alpha value is -4.68. The van der Waals surface area contributed by atoms with Gasteiger partial charge in [-0.15, -0.1) is 0 Å². The van der Waals surface area contributed by atoms with Crippen LogP contribution >= 0.6 is 0 Å². The van der Waals surface area contributed by atoms with Gasteiger partial charge in [0, 0.05) is 18.3 Å². The minimum absolute atomic E-state index is 0.244. The minimum atomic E-state index is -0.532. The number of hydrogen-bond donors (Lipinski definition) is 0. The molecule has 0 amide bonds. The molecule has 0 nitrogen and oxygen atoms in total. The van der Waals surface area contributed by atoms with Gasteiger partial charge in [0.1, 0.15) is 0 Å². The minimum Gasteiger partial charge on any atom is -0.0619 e. The van der Waals surface area contributed by atoms with Crippen LogP contribution in [0.3, 0.4) is 0 Å². The summed E-state index contributed by atoms with van der Waals surface area (Å²) in [6.07, 6.45) is 4.60. The molecule has 6 aliphatic carbocycles. The summed E-state index contributed by atoms with van der Waals surface area (Å²) >= 11 is 0. The lowest BCUT2D eigenvalue weighted by Crippen LogP contribution is -2.51. The van der Waals surface area contributed by atoms with E-state index in [1.165, 1.54) is 66.8 Å². The van der Waals surface area contributed by atoms with Gasteiger partial charge in [-0.05, 0) is 66.8 Å². The predicted octanol–water partition coefficient (Wildman–Crippen LogP) is 8.75. The maximum Gasteiger partial charge on any atom is 0.0545 e. The molecule has 0 N–H and O–H groups in total. The van der Waals surface area contributed by atoms with Crippen molar-refractivity contribution >= 4 is 0 Å². The summed E-state index contributed by atoms with van der Waals surface area (Å²) in [5.74, 6) is 0.488. The molecule has 0 unspecified atom stereocenters. The molecule has 6 aromatic rings. The van der Waals surface area contributed by atoms with Crippen LogP contribution in [0.25, 0.3) is 0 Å². The van der Waals surface area contributed by atoms with Crippen LogP contribution in [0.15, 0.2) is 146 Å². The maximum absolute atomic E-state index is 4.60. The van der Waals surface area contributed by atoms with Crippen molar-refractivity contribution in [3.05, 3.63) is 219 Å². The molecule has 0 aromatic heterocycles. The van der Waals surface area contributed by atoms with Crippen molar-refractivity contribution in [3.63, 3.8) is 0 Å². The zero-order valence-corrected chi connectivity index (χ0v) is 22.5. The van der Waals surface area contributed by atoms with E-state index in [9.17, 15) is 0 Å². The van der Waals surface area contributed by atoms with E-state index in [2.05, 4.69) is 152 Å². The largest absolute Gasteiger partial charge is 0.0619 e. The molecule has 0 aliphatic heterocycles. The molecular formula is C41H26. The average Bonchev–Trinajstić information content (AvgIpc) is 3.05. The van der Waals surface area contributed by atoms with E-state index in [0.717, 1.165) is 0 Å². The number of rotatable bonds is 2. The Kier molecular flexibility index (Phi) is 4.05. The van der Waals surface area contributed by atoms with Gasteiger partial charge in [-0.25, -0.2) is 0 Å². The van der Waals surface area contributed by atoms with Crippen LogP contribution in [0.5, 0.6) is 0 Å². The third-order valence-electron chi connectivity index (χ3n) is 10.4. The first-order valence-corrected chi connectivity index (χ1v) is 14.7. The highest BCUT2D eigenvalue weighted by atomic mass is 14.6. The monoisotopic (exact) mass is 518 g/mol. The SMILES string of the molecule is [C](C12c3ccccc3C(c3ccccc31)c1ccccc12)C12c3ccccc3C(c3ccccc31)c1ccccc12. The van der Waals surface area contributed by atoms with E-state index in [-0.39, 0.29) is 11.8 Å². The Bertz CT molecular complexity index is 1680. The Morgan fingerprint density at radius 1 is 0.293 bits per heavy atom. The van der Waals surface area contributed by atoms with Gasteiger partial charge in [-0.3, -0.25) is 0 Å². The molecule has 0 fully saturated rings. The summed E-state index contributed by atoms with van der Waals surface area (Å²) in [6, 6.07) is 54.9. The van der Waals surface area contributed by atoms with Crippen LogP contribution in [0, 0.1) is 6.42 Å². The highest BCUT2D eigenvalue weighted by Crippen LogP contribution is 2.67. The van der Waals surface area contributed by atoms with E-state index >= 15 is 0 Å². The zero-order valence-electron chi connectivity index (χ0n) is 22.5. The lowest BCUT2D eigenvalue weighted by molar-refractivity contribution is 0.503. The molecular weight excluding hydrogens is 492 g/mol. The molecule has 41 heavy (non-hydrogen) atoms. The van der Waals surface area contributed by atoms with E-state index < -0.39 is 10.8 Å². The summed E-state index contributed by atoms with van der Waals surface area (Å²) in [7, 11) is 0. The fraction of sp³-hybridized carbons (Fsp3) is 0.0976. The summed E-state index contributed by atoms with van der Waals surface area (Å²) in [5.41, 5.74) is 15.6. The average molecular weight is 519 g/mol. The first-order valence-electron chi connectivity index (χ1n) is 14.7. The topological polar surface area (TPSA) is 0 Å². The lowest BCUT2D eigenvalue weighted by Gasteiger charge is -2.57. The molecule has 0 atom stereocenters. The van der Waals surface area contributed by atoms with Crippen molar-refractivity contribution < 1.29 is 0 Å². The van der Waals surface area contributed by atoms with Crippen molar-refractivity contribution in [2.45, 2.75) is 22.7 Å². The zero-order chi connectivity index (χ0) is 26.8. The molecule has 6 aromatic carbocycles. The van der Waals surface area contributed by atoms with Crippen LogP contribution < -0.4 is 0 Å². The molecule has 190 valence electrons. The van der Waals surface area contributed by atoms with Crippen LogP contribution in [0.4, 0.5) is 0 Å². The molecule has 0 heterocycles. The third-order valence-corrected chi connectivity index (χ3v) is 10.4. The Morgan fingerprint density at radius 3 is 0.707 bits per heavy atom. The Labute approximate surface area is 241 Å². The summed E-state index contributed by atoms with van der Waals surface area (Å²) in [4.78, 5) is 0. The molecule has 0 spiro atoms. The Morgan fingerprint density at radius 2 is 0.488 bits per heavy atom. The highest BCUT2D eigenvalue weighted by Gasteiger charge is 2.60. The summed E-state index contributed by atoms with van der Waals surface area (Å²) in [6.45, 7) is 0. The van der Waals surface area contributed by atoms with Crippen molar-refractivity contribution in [1.29, 1.82) is 0 Å². The molecule has 12 rings (SSSR count). The molecule has 0 saturated heterocycles. The van der Waals surface area contributed by atoms with Gasteiger partial charge >= 0.3 is 0 Å². The normalized spacial score (nSPS) is 24.9. The summed E-state index contributed by atoms with van der Waals surface area (Å²) < 4.78 is 0. The van der Waals surface area contributed by atoms with Crippen LogP contribution in [0.1, 0.15) is 78.6 Å². The van der Waals surface area contributed by atoms with Crippen molar-refractivity contribution in [2.24, 2.45) is 0 Å². The second kappa shape index (κ2) is 7.53. The van der Waals surface area contributed by atoms with Crippen LogP contribution in [0.2, 0.25) is 0 Å². The summed E-state index contributed by atoms with van der Waals surface area (Å²) in [5, 5.41) is 0. The van der Waals surface area contributed by atoms with Crippen molar-refractivity contribution in [1.82, 2.24) is 0 Å². The van der Waals surface area contributed by atoms with Gasteiger partial charge in [0.25, 0.3) is 0 Å². The lowest BCUT2D eigenvalue weighted by atomic mass is 9.44. The third kappa shape index (κ3) is 2.42. The fourth-order valence-electron chi connectivity index (χ4n) is 9.10. The molecule has 0 saturated carbocycles. The molecule has 6 aliphatic rings. The van der Waals surface area contributed by atoms with Gasteiger partial charge in [0.05, 0.1) is 10.8 Å². The molecule has 0 heteroatoms. The van der Waals surface area contributed by atoms with Gasteiger partial charge in [-0.2, -0.15) is 0 Å². The number of benzene rings is 6. The van der Waals surface area contributed by atoms with Crippen molar-refractivity contribution in [2.75, 3.05) is 0 Å². The first kappa shape index (κ1) is 22.1. The predicted molar refractivity (Wildman–Crippen MR) is 164 cm³/mol.